The fourth-order valence-electron chi connectivity index (χ4n) is 2.87. The van der Waals surface area contributed by atoms with Crippen molar-refractivity contribution >= 4 is 12.0 Å². The third-order valence-corrected chi connectivity index (χ3v) is 4.36. The minimum atomic E-state index is -4.57. The number of carbonyl (C=O) groups is 1. The topological polar surface area (TPSA) is 59.4 Å². The van der Waals surface area contributed by atoms with Gasteiger partial charge in [0.2, 0.25) is 0 Å². The Kier molecular flexibility index (Phi) is 6.99. The van der Waals surface area contributed by atoms with Gasteiger partial charge in [-0.15, -0.1) is 0 Å². The molecule has 0 saturated heterocycles. The summed E-state index contributed by atoms with van der Waals surface area (Å²) >= 11 is 0. The summed E-state index contributed by atoms with van der Waals surface area (Å²) in [6.07, 6.45) is -2.37. The number of rotatable bonds is 6. The molecule has 32 heavy (non-hydrogen) atoms. The first-order valence-corrected chi connectivity index (χ1v) is 9.22. The largest absolute Gasteiger partial charge is 0.457 e. The lowest BCUT2D eigenvalue weighted by molar-refractivity contribution is -0.141. The van der Waals surface area contributed by atoms with E-state index in [0.717, 1.165) is 30.3 Å². The van der Waals surface area contributed by atoms with Gasteiger partial charge in [-0.2, -0.15) is 13.2 Å². The maximum absolute atomic E-state index is 13.6. The molecule has 0 fully saturated rings. The normalized spacial score (nSPS) is 13.0. The highest BCUT2D eigenvalue weighted by molar-refractivity contribution is 5.95. The summed E-state index contributed by atoms with van der Waals surface area (Å²) in [4.78, 5) is 16.5. The Morgan fingerprint density at radius 2 is 1.78 bits per heavy atom. The van der Waals surface area contributed by atoms with Crippen LogP contribution in [0.2, 0.25) is 0 Å². The van der Waals surface area contributed by atoms with Crippen LogP contribution in [0.25, 0.3) is 6.08 Å². The van der Waals surface area contributed by atoms with Crippen LogP contribution in [0.5, 0.6) is 0 Å². The Balaban J connectivity index is 1.89. The summed E-state index contributed by atoms with van der Waals surface area (Å²) in [5.41, 5.74) is -1.08. The van der Waals surface area contributed by atoms with E-state index < -0.39 is 42.1 Å². The minimum Gasteiger partial charge on any atom is -0.457 e. The van der Waals surface area contributed by atoms with Gasteiger partial charge in [-0.1, -0.05) is 18.2 Å². The molecule has 0 saturated carbocycles. The molecule has 9 heteroatoms. The van der Waals surface area contributed by atoms with Crippen molar-refractivity contribution in [2.75, 3.05) is 0 Å². The molecule has 0 spiro atoms. The number of halogens is 5. The minimum absolute atomic E-state index is 0.0588. The first kappa shape index (κ1) is 23.1. The quantitative estimate of drug-likeness (QED) is 0.318. The highest BCUT2D eigenvalue weighted by Gasteiger charge is 2.30. The highest BCUT2D eigenvalue weighted by atomic mass is 19.4. The smallest absolute Gasteiger partial charge is 0.416 e. The SMILES string of the molecule is O=C(OCc1cccc(C(F)(F)F)c1)/C(=C\c1cc(F)cc(F)c1)C(O)c1cccnc1. The van der Waals surface area contributed by atoms with Gasteiger partial charge in [-0.3, -0.25) is 4.98 Å². The van der Waals surface area contributed by atoms with Gasteiger partial charge in [0.1, 0.15) is 24.3 Å². The molecule has 0 bridgehead atoms. The van der Waals surface area contributed by atoms with Crippen LogP contribution in [0.1, 0.15) is 28.4 Å². The Morgan fingerprint density at radius 1 is 1.06 bits per heavy atom. The van der Waals surface area contributed by atoms with Crippen LogP contribution in [0.4, 0.5) is 22.0 Å². The Labute approximate surface area is 179 Å². The lowest BCUT2D eigenvalue weighted by Gasteiger charge is -2.15. The summed E-state index contributed by atoms with van der Waals surface area (Å²) in [7, 11) is 0. The fraction of sp³-hybridized carbons (Fsp3) is 0.130. The van der Waals surface area contributed by atoms with Crippen LogP contribution >= 0.6 is 0 Å². The van der Waals surface area contributed by atoms with Gasteiger partial charge in [-0.25, -0.2) is 13.6 Å². The predicted octanol–water partition coefficient (Wildman–Crippen LogP) is 5.24. The molecule has 3 aromatic rings. The zero-order chi connectivity index (χ0) is 23.3. The molecular weight excluding hydrogens is 433 g/mol. The number of aliphatic hydroxyl groups is 1. The average Bonchev–Trinajstić information content (AvgIpc) is 2.75. The number of hydrogen-bond acceptors (Lipinski definition) is 4. The monoisotopic (exact) mass is 449 g/mol. The molecule has 0 radical (unpaired) electrons. The van der Waals surface area contributed by atoms with Crippen molar-refractivity contribution in [3.63, 3.8) is 0 Å². The average molecular weight is 449 g/mol. The second-order valence-electron chi connectivity index (χ2n) is 6.77. The number of esters is 1. The molecule has 166 valence electrons. The van der Waals surface area contributed by atoms with Gasteiger partial charge in [0.15, 0.2) is 0 Å². The molecule has 1 N–H and O–H groups in total. The molecule has 1 atom stereocenters. The highest BCUT2D eigenvalue weighted by Crippen LogP contribution is 2.30. The number of nitrogens with zero attached hydrogens (tertiary/aromatic N) is 1. The van der Waals surface area contributed by atoms with E-state index in [1.807, 2.05) is 0 Å². The van der Waals surface area contributed by atoms with Crippen LogP contribution in [-0.2, 0) is 22.3 Å². The number of hydrogen-bond donors (Lipinski definition) is 1. The molecule has 0 aliphatic rings. The van der Waals surface area contributed by atoms with Crippen molar-refractivity contribution in [2.45, 2.75) is 18.9 Å². The van der Waals surface area contributed by atoms with Crippen molar-refractivity contribution in [3.05, 3.63) is 106 Å². The molecule has 0 aliphatic heterocycles. The lowest BCUT2D eigenvalue weighted by Crippen LogP contribution is -2.15. The summed E-state index contributed by atoms with van der Waals surface area (Å²) in [5, 5.41) is 10.7. The molecule has 4 nitrogen and oxygen atoms in total. The third kappa shape index (κ3) is 5.98. The fourth-order valence-corrected chi connectivity index (χ4v) is 2.87. The molecule has 1 unspecified atom stereocenters. The van der Waals surface area contributed by atoms with Gasteiger partial charge < -0.3 is 9.84 Å². The van der Waals surface area contributed by atoms with Gasteiger partial charge in [0, 0.05) is 24.0 Å². The Morgan fingerprint density at radius 3 is 2.41 bits per heavy atom. The number of aromatic nitrogens is 1. The van der Waals surface area contributed by atoms with E-state index >= 15 is 0 Å². The van der Waals surface area contributed by atoms with Crippen molar-refractivity contribution < 1.29 is 36.6 Å². The van der Waals surface area contributed by atoms with E-state index in [9.17, 15) is 31.9 Å². The Bertz CT molecular complexity index is 1110. The van der Waals surface area contributed by atoms with E-state index in [-0.39, 0.29) is 22.3 Å². The number of benzene rings is 2. The molecule has 1 heterocycles. The van der Waals surface area contributed by atoms with E-state index in [0.29, 0.717) is 6.07 Å². The second-order valence-corrected chi connectivity index (χ2v) is 6.77. The van der Waals surface area contributed by atoms with Gasteiger partial charge in [-0.05, 0) is 47.5 Å². The van der Waals surface area contributed by atoms with E-state index in [1.54, 1.807) is 0 Å². The van der Waals surface area contributed by atoms with Crippen LogP contribution in [0.3, 0.4) is 0 Å². The number of ether oxygens (including phenoxy) is 1. The van der Waals surface area contributed by atoms with E-state index in [1.165, 1.54) is 36.7 Å². The van der Waals surface area contributed by atoms with Gasteiger partial charge in [0.25, 0.3) is 0 Å². The summed E-state index contributed by atoms with van der Waals surface area (Å²) in [5.74, 6) is -2.88. The predicted molar refractivity (Wildman–Crippen MR) is 105 cm³/mol. The lowest BCUT2D eigenvalue weighted by atomic mass is 10.0. The zero-order valence-electron chi connectivity index (χ0n) is 16.3. The number of pyridine rings is 1. The molecule has 0 aliphatic carbocycles. The van der Waals surface area contributed by atoms with Crippen molar-refractivity contribution in [1.29, 1.82) is 0 Å². The maximum atomic E-state index is 13.6. The van der Waals surface area contributed by atoms with Gasteiger partial charge in [0.05, 0.1) is 11.1 Å². The summed E-state index contributed by atoms with van der Waals surface area (Å²) in [6.45, 7) is -0.517. The summed E-state index contributed by atoms with van der Waals surface area (Å²) < 4.78 is 70.8. The summed E-state index contributed by atoms with van der Waals surface area (Å²) in [6, 6.07) is 9.72. The number of aliphatic hydroxyl groups excluding tert-OH is 1. The third-order valence-electron chi connectivity index (χ3n) is 4.36. The molecule has 0 amide bonds. The first-order valence-electron chi connectivity index (χ1n) is 9.22. The number of carbonyl (C=O) groups excluding carboxylic acids is 1. The van der Waals surface area contributed by atoms with Crippen LogP contribution in [0, 0.1) is 11.6 Å². The van der Waals surface area contributed by atoms with E-state index in [2.05, 4.69) is 4.98 Å². The second kappa shape index (κ2) is 9.69. The first-order chi connectivity index (χ1) is 15.1. The standard InChI is InChI=1S/C23H16F5NO3/c24-18-8-15(9-19(25)11-18)10-20(21(30)16-4-2-6-29-12-16)22(31)32-13-14-3-1-5-17(7-14)23(26,27)28/h1-12,21,30H,13H2/b20-10-. The molecule has 1 aromatic heterocycles. The van der Waals surface area contributed by atoms with E-state index in [4.69, 9.17) is 4.74 Å². The number of alkyl halides is 3. The van der Waals surface area contributed by atoms with Crippen molar-refractivity contribution in [1.82, 2.24) is 4.98 Å². The molecule has 3 rings (SSSR count). The molecular formula is C23H16F5NO3. The van der Waals surface area contributed by atoms with Crippen LogP contribution in [0.15, 0.2) is 72.6 Å². The zero-order valence-corrected chi connectivity index (χ0v) is 16.3. The van der Waals surface area contributed by atoms with Crippen molar-refractivity contribution in [2.24, 2.45) is 0 Å². The van der Waals surface area contributed by atoms with Crippen molar-refractivity contribution in [3.8, 4) is 0 Å². The maximum Gasteiger partial charge on any atom is 0.416 e. The Hall–Kier alpha value is -3.59. The molecule has 2 aromatic carbocycles. The van der Waals surface area contributed by atoms with Gasteiger partial charge >= 0.3 is 12.1 Å². The van der Waals surface area contributed by atoms with Crippen LogP contribution < -0.4 is 0 Å². The van der Waals surface area contributed by atoms with Crippen LogP contribution in [-0.4, -0.2) is 16.1 Å².